The van der Waals surface area contributed by atoms with Crippen LogP contribution in [0.5, 0.6) is 5.75 Å². The van der Waals surface area contributed by atoms with Gasteiger partial charge in [-0.1, -0.05) is 13.8 Å². The van der Waals surface area contributed by atoms with E-state index in [9.17, 15) is 14.4 Å². The third-order valence-corrected chi connectivity index (χ3v) is 4.75. The molecule has 2 aromatic carbocycles. The van der Waals surface area contributed by atoms with Gasteiger partial charge in [-0.2, -0.15) is 0 Å². The third-order valence-electron chi connectivity index (χ3n) is 3.92. The van der Waals surface area contributed by atoms with Crippen molar-refractivity contribution in [3.05, 3.63) is 58.1 Å². The maximum absolute atomic E-state index is 12.4. The number of thiocarbonyl (C=S) groups is 1. The first kappa shape index (κ1) is 24.3. The van der Waals surface area contributed by atoms with Crippen LogP contribution in [0.15, 0.2) is 46.9 Å². The van der Waals surface area contributed by atoms with Gasteiger partial charge in [-0.05, 0) is 77.0 Å². The van der Waals surface area contributed by atoms with Gasteiger partial charge in [-0.3, -0.25) is 30.6 Å². The fourth-order valence-electron chi connectivity index (χ4n) is 2.32. The summed E-state index contributed by atoms with van der Waals surface area (Å²) in [7, 11) is 0. The molecule has 0 aliphatic carbocycles. The molecule has 164 valence electrons. The van der Waals surface area contributed by atoms with E-state index in [1.807, 2.05) is 6.92 Å². The van der Waals surface area contributed by atoms with Gasteiger partial charge in [0.1, 0.15) is 5.75 Å². The van der Waals surface area contributed by atoms with Crippen LogP contribution in [0.1, 0.15) is 47.4 Å². The van der Waals surface area contributed by atoms with E-state index in [-0.39, 0.29) is 11.0 Å². The van der Waals surface area contributed by atoms with E-state index in [4.69, 9.17) is 17.0 Å². The summed E-state index contributed by atoms with van der Waals surface area (Å²) in [6, 6.07) is 11.3. The predicted octanol–water partition coefficient (Wildman–Crippen LogP) is 3.54. The predicted molar refractivity (Wildman–Crippen MR) is 126 cm³/mol. The molecule has 10 heteroatoms. The Bertz CT molecular complexity index is 966. The number of halogens is 1. The molecule has 0 bridgehead atoms. The topological polar surface area (TPSA) is 109 Å². The summed E-state index contributed by atoms with van der Waals surface area (Å²) >= 11 is 8.43. The van der Waals surface area contributed by atoms with Crippen LogP contribution in [0.2, 0.25) is 0 Å². The van der Waals surface area contributed by atoms with Crippen molar-refractivity contribution in [3.63, 3.8) is 0 Å². The number of carbonyl (C=O) groups excluding carboxylic acids is 3. The minimum Gasteiger partial charge on any atom is -0.492 e. The second-order valence-electron chi connectivity index (χ2n) is 6.34. The molecule has 2 rings (SSSR count). The Morgan fingerprint density at radius 1 is 0.968 bits per heavy atom. The molecule has 0 unspecified atom stereocenters. The lowest BCUT2D eigenvalue weighted by molar-refractivity contribution is -0.115. The van der Waals surface area contributed by atoms with Crippen molar-refractivity contribution in [3.8, 4) is 5.75 Å². The van der Waals surface area contributed by atoms with Crippen molar-refractivity contribution in [2.75, 3.05) is 11.9 Å². The number of amides is 3. The first-order chi connectivity index (χ1) is 14.8. The molecule has 0 radical (unpaired) electrons. The summed E-state index contributed by atoms with van der Waals surface area (Å²) < 4.78 is 6.21. The van der Waals surface area contributed by atoms with Crippen molar-refractivity contribution in [2.45, 2.75) is 26.7 Å². The molecule has 0 saturated heterocycles. The molecule has 31 heavy (non-hydrogen) atoms. The maximum Gasteiger partial charge on any atom is 0.269 e. The average molecular weight is 507 g/mol. The number of hydrogen-bond donors (Lipinski definition) is 4. The maximum atomic E-state index is 12.4. The number of rotatable bonds is 7. The van der Waals surface area contributed by atoms with Crippen molar-refractivity contribution in [1.29, 1.82) is 0 Å². The molecule has 0 fully saturated rings. The lowest BCUT2D eigenvalue weighted by Crippen LogP contribution is -2.48. The summed E-state index contributed by atoms with van der Waals surface area (Å²) in [6.45, 7) is 4.33. The zero-order valence-electron chi connectivity index (χ0n) is 17.1. The van der Waals surface area contributed by atoms with Crippen LogP contribution < -0.4 is 26.2 Å². The number of anilines is 1. The first-order valence-corrected chi connectivity index (χ1v) is 10.8. The standard InChI is InChI=1S/C21H23BrN4O4S/c1-3-11-30-17-10-7-14(12-16(17)22)19(28)24-21(31)26-25-20(29)13-5-8-15(9-6-13)23-18(27)4-2/h5-10,12H,3-4,11H2,1-2H3,(H,23,27)(H,25,29)(H2,24,26,28,31). The number of carbonyl (C=O) groups is 3. The molecular formula is C21H23BrN4O4S. The van der Waals surface area contributed by atoms with Crippen molar-refractivity contribution in [1.82, 2.24) is 16.2 Å². The Morgan fingerprint density at radius 3 is 2.26 bits per heavy atom. The monoisotopic (exact) mass is 506 g/mol. The van der Waals surface area contributed by atoms with Gasteiger partial charge in [0.15, 0.2) is 5.11 Å². The molecule has 0 aliphatic rings. The summed E-state index contributed by atoms with van der Waals surface area (Å²) in [5.74, 6) is -0.364. The van der Waals surface area contributed by atoms with E-state index in [0.717, 1.165) is 6.42 Å². The fourth-order valence-corrected chi connectivity index (χ4v) is 2.95. The summed E-state index contributed by atoms with van der Waals surface area (Å²) in [4.78, 5) is 35.9. The minimum absolute atomic E-state index is 0.0624. The number of nitrogens with one attached hydrogen (secondary N) is 4. The molecule has 0 atom stereocenters. The number of hydrogen-bond acceptors (Lipinski definition) is 5. The Kier molecular flexibility index (Phi) is 9.41. The highest BCUT2D eigenvalue weighted by Gasteiger charge is 2.12. The van der Waals surface area contributed by atoms with Gasteiger partial charge in [0.05, 0.1) is 11.1 Å². The van der Waals surface area contributed by atoms with E-state index in [1.54, 1.807) is 49.4 Å². The SMILES string of the molecule is CCCOc1ccc(C(=O)NC(=S)NNC(=O)c2ccc(NC(=O)CC)cc2)cc1Br. The quantitative estimate of drug-likeness (QED) is 0.337. The third kappa shape index (κ3) is 7.65. The molecular weight excluding hydrogens is 484 g/mol. The van der Waals surface area contributed by atoms with Crippen molar-refractivity contribution < 1.29 is 19.1 Å². The Balaban J connectivity index is 1.85. The second-order valence-corrected chi connectivity index (χ2v) is 7.60. The highest BCUT2D eigenvalue weighted by atomic mass is 79.9. The van der Waals surface area contributed by atoms with E-state index in [0.29, 0.717) is 40.1 Å². The zero-order valence-corrected chi connectivity index (χ0v) is 19.5. The zero-order chi connectivity index (χ0) is 22.8. The van der Waals surface area contributed by atoms with Crippen LogP contribution in [0.25, 0.3) is 0 Å². The average Bonchev–Trinajstić information content (AvgIpc) is 2.76. The van der Waals surface area contributed by atoms with E-state index in [1.165, 1.54) is 0 Å². The van der Waals surface area contributed by atoms with Crippen molar-refractivity contribution >= 4 is 56.7 Å². The van der Waals surface area contributed by atoms with Crippen molar-refractivity contribution in [2.24, 2.45) is 0 Å². The molecule has 8 nitrogen and oxygen atoms in total. The Labute approximate surface area is 194 Å². The Morgan fingerprint density at radius 2 is 1.65 bits per heavy atom. The Hall–Kier alpha value is -2.98. The van der Waals surface area contributed by atoms with Crippen LogP contribution >= 0.6 is 28.1 Å². The molecule has 0 aliphatic heterocycles. The number of hydrazine groups is 1. The van der Waals surface area contributed by atoms with Crippen LogP contribution in [0, 0.1) is 0 Å². The van der Waals surface area contributed by atoms with Crippen LogP contribution in [0.3, 0.4) is 0 Å². The van der Waals surface area contributed by atoms with Gasteiger partial charge < -0.3 is 10.1 Å². The molecule has 3 amide bonds. The van der Waals surface area contributed by atoms with Gasteiger partial charge in [0.2, 0.25) is 5.91 Å². The second kappa shape index (κ2) is 12.0. The molecule has 0 spiro atoms. The molecule has 0 saturated carbocycles. The molecule has 0 aromatic heterocycles. The molecule has 2 aromatic rings. The highest BCUT2D eigenvalue weighted by Crippen LogP contribution is 2.26. The first-order valence-electron chi connectivity index (χ1n) is 9.58. The van der Waals surface area contributed by atoms with Gasteiger partial charge >= 0.3 is 0 Å². The highest BCUT2D eigenvalue weighted by molar-refractivity contribution is 9.10. The van der Waals surface area contributed by atoms with E-state index < -0.39 is 11.8 Å². The molecule has 4 N–H and O–H groups in total. The lowest BCUT2D eigenvalue weighted by Gasteiger charge is -2.12. The summed E-state index contributed by atoms with van der Waals surface area (Å²) in [5, 5.41) is 5.12. The van der Waals surface area contributed by atoms with Gasteiger partial charge in [0, 0.05) is 23.2 Å². The van der Waals surface area contributed by atoms with Gasteiger partial charge in [-0.25, -0.2) is 0 Å². The van der Waals surface area contributed by atoms with E-state index >= 15 is 0 Å². The van der Waals surface area contributed by atoms with Gasteiger partial charge in [0.25, 0.3) is 11.8 Å². The largest absolute Gasteiger partial charge is 0.492 e. The van der Waals surface area contributed by atoms with Crippen LogP contribution in [-0.2, 0) is 4.79 Å². The lowest BCUT2D eigenvalue weighted by atomic mass is 10.2. The number of ether oxygens (including phenoxy) is 1. The van der Waals surface area contributed by atoms with Crippen LogP contribution in [0.4, 0.5) is 5.69 Å². The summed E-state index contributed by atoms with van der Waals surface area (Å²) in [6.07, 6.45) is 1.24. The van der Waals surface area contributed by atoms with Gasteiger partial charge in [-0.15, -0.1) is 0 Å². The smallest absolute Gasteiger partial charge is 0.269 e. The molecule has 0 heterocycles. The van der Waals surface area contributed by atoms with Crippen LogP contribution in [-0.4, -0.2) is 29.4 Å². The van der Waals surface area contributed by atoms with E-state index in [2.05, 4.69) is 37.4 Å². The normalized spacial score (nSPS) is 10.0. The fraction of sp³-hybridized carbons (Fsp3) is 0.238. The summed E-state index contributed by atoms with van der Waals surface area (Å²) in [5.41, 5.74) is 6.21. The number of benzene rings is 2. The minimum atomic E-state index is -0.454.